The SMILES string of the molecule is C1=C2C3=CC=C4c5cc6cc7c8c(cccc8c6cc5C5=CC=C(C6=CC=C8c9cc(-c%10ccccc%10)c(-c%10ccccc%10)cc9C(=C1)C8C26)C3C45)-c1ccccc1-7. The van der Waals surface area contributed by atoms with Crippen LogP contribution in [0.25, 0.3) is 88.3 Å². The van der Waals surface area contributed by atoms with Crippen LogP contribution in [0.15, 0.2) is 204 Å². The quantitative estimate of drug-likeness (QED) is 0.155. The fraction of sp³-hybridized carbons (Fsp3) is 0.0690. The lowest BCUT2D eigenvalue weighted by Gasteiger charge is -2.48. The van der Waals surface area contributed by atoms with Crippen molar-refractivity contribution in [2.75, 3.05) is 0 Å². The van der Waals surface area contributed by atoms with E-state index in [4.69, 9.17) is 0 Å². The fourth-order valence-corrected chi connectivity index (χ4v) is 12.7. The highest BCUT2D eigenvalue weighted by Gasteiger charge is 2.53. The third-order valence-corrected chi connectivity index (χ3v) is 15.0. The van der Waals surface area contributed by atoms with Crippen LogP contribution in [-0.2, 0) is 0 Å². The van der Waals surface area contributed by atoms with Gasteiger partial charge in [-0.15, -0.1) is 0 Å². The van der Waals surface area contributed by atoms with Crippen LogP contribution in [0.1, 0.15) is 22.3 Å². The summed E-state index contributed by atoms with van der Waals surface area (Å²) in [5, 5.41) is 5.48. The molecule has 266 valence electrons. The van der Waals surface area contributed by atoms with Crippen molar-refractivity contribution in [1.82, 2.24) is 0 Å². The van der Waals surface area contributed by atoms with E-state index in [9.17, 15) is 0 Å². The minimum atomic E-state index is 0.324. The molecule has 0 heterocycles. The maximum atomic E-state index is 2.54. The van der Waals surface area contributed by atoms with Crippen molar-refractivity contribution in [3.63, 3.8) is 0 Å². The molecule has 1 fully saturated rings. The van der Waals surface area contributed by atoms with Crippen molar-refractivity contribution >= 4 is 43.8 Å². The van der Waals surface area contributed by atoms with Crippen molar-refractivity contribution in [3.8, 4) is 44.5 Å². The minimum absolute atomic E-state index is 0.324. The van der Waals surface area contributed by atoms with E-state index in [2.05, 4.69) is 182 Å². The molecule has 0 bridgehead atoms. The van der Waals surface area contributed by atoms with Crippen molar-refractivity contribution in [2.45, 2.75) is 0 Å². The van der Waals surface area contributed by atoms with Crippen LogP contribution >= 0.6 is 0 Å². The Morgan fingerprint density at radius 3 is 1.17 bits per heavy atom. The third-order valence-electron chi connectivity index (χ3n) is 15.0. The summed E-state index contributed by atoms with van der Waals surface area (Å²) in [6.45, 7) is 0. The summed E-state index contributed by atoms with van der Waals surface area (Å²) in [5.74, 6) is 1.32. The van der Waals surface area contributed by atoms with Gasteiger partial charge in [0.15, 0.2) is 0 Å². The van der Waals surface area contributed by atoms with Gasteiger partial charge >= 0.3 is 0 Å². The average molecular weight is 731 g/mol. The van der Waals surface area contributed by atoms with Gasteiger partial charge in [-0.1, -0.05) is 152 Å². The Morgan fingerprint density at radius 2 is 0.638 bits per heavy atom. The molecule has 58 heavy (non-hydrogen) atoms. The number of hydrogen-bond donors (Lipinski definition) is 0. The first-order chi connectivity index (χ1) is 28.8. The van der Waals surface area contributed by atoms with Crippen LogP contribution in [0.2, 0.25) is 0 Å². The molecule has 0 heteroatoms. The van der Waals surface area contributed by atoms with E-state index in [1.54, 1.807) is 0 Å². The molecule has 0 radical (unpaired) electrons. The standard InChI is InChI=1S/C58H34/c1-3-10-31(11-4-1)46-28-51-44-24-20-40-38-18-22-42-49-26-33-27-53-35-15-8-7-14-34(35)36-16-9-17-37(54(36)53)48(33)30-50(49)43-23-19-39(55(38)57(42)43)41-21-25-45(58(44)56(40)41)52(51)29-47(46)32-12-5-2-6-13-32/h1-30,55-58H. The molecule has 7 aromatic carbocycles. The third kappa shape index (κ3) is 3.56. The first-order valence-electron chi connectivity index (χ1n) is 20.9. The van der Waals surface area contributed by atoms with E-state index < -0.39 is 0 Å². The molecule has 0 nitrogen and oxygen atoms in total. The number of hydrogen-bond acceptors (Lipinski definition) is 0. The van der Waals surface area contributed by atoms with Crippen LogP contribution in [0.4, 0.5) is 0 Å². The predicted octanol–water partition coefficient (Wildman–Crippen LogP) is 14.5. The van der Waals surface area contributed by atoms with Crippen LogP contribution in [0.5, 0.6) is 0 Å². The summed E-state index contributed by atoms with van der Waals surface area (Å²) in [6.07, 6.45) is 20.0. The van der Waals surface area contributed by atoms with Gasteiger partial charge in [0.2, 0.25) is 0 Å². The Balaban J connectivity index is 0.912. The fourth-order valence-electron chi connectivity index (χ4n) is 12.7. The molecule has 0 amide bonds. The van der Waals surface area contributed by atoms with Crippen molar-refractivity contribution in [1.29, 1.82) is 0 Å². The van der Waals surface area contributed by atoms with Crippen LogP contribution in [-0.4, -0.2) is 0 Å². The first-order valence-corrected chi connectivity index (χ1v) is 20.9. The van der Waals surface area contributed by atoms with Gasteiger partial charge in [0.25, 0.3) is 0 Å². The maximum absolute atomic E-state index is 2.54. The second kappa shape index (κ2) is 10.5. The largest absolute Gasteiger partial charge is 0.0622 e. The zero-order chi connectivity index (χ0) is 37.4. The predicted molar refractivity (Wildman–Crippen MR) is 241 cm³/mol. The summed E-state index contributed by atoms with van der Waals surface area (Å²) >= 11 is 0. The molecule has 4 atom stereocenters. The molecule has 0 aliphatic heterocycles. The van der Waals surface area contributed by atoms with Crippen molar-refractivity contribution in [3.05, 3.63) is 227 Å². The smallest absolute Gasteiger partial charge is 0.0211 e. The van der Waals surface area contributed by atoms with Gasteiger partial charge in [0.1, 0.15) is 0 Å². The number of fused-ring (bicyclic) bond motifs is 13. The van der Waals surface area contributed by atoms with Gasteiger partial charge in [-0.2, -0.15) is 0 Å². The average Bonchev–Trinajstić information content (AvgIpc) is 3.91. The molecular weight excluding hydrogens is 697 g/mol. The molecule has 0 aromatic heterocycles. The van der Waals surface area contributed by atoms with Gasteiger partial charge in [-0.3, -0.25) is 0 Å². The van der Waals surface area contributed by atoms with Gasteiger partial charge in [0.05, 0.1) is 0 Å². The highest BCUT2D eigenvalue weighted by Crippen LogP contribution is 2.67. The number of rotatable bonds is 2. The van der Waals surface area contributed by atoms with Gasteiger partial charge in [-0.25, -0.2) is 0 Å². The molecule has 15 rings (SSSR count). The summed E-state index contributed by atoms with van der Waals surface area (Å²) in [6, 6.07) is 50.3. The van der Waals surface area contributed by atoms with E-state index in [1.165, 1.54) is 133 Å². The lowest BCUT2D eigenvalue weighted by Crippen LogP contribution is -2.37. The second-order valence-electron chi connectivity index (χ2n) is 17.4. The zero-order valence-electron chi connectivity index (χ0n) is 31.6. The molecule has 7 aromatic rings. The van der Waals surface area contributed by atoms with E-state index in [-0.39, 0.29) is 0 Å². The topological polar surface area (TPSA) is 0 Å². The molecule has 4 unspecified atom stereocenters. The highest BCUT2D eigenvalue weighted by molar-refractivity contribution is 6.24. The first kappa shape index (κ1) is 30.2. The summed E-state index contributed by atoms with van der Waals surface area (Å²) in [4.78, 5) is 0. The summed E-state index contributed by atoms with van der Waals surface area (Å²) in [5.41, 5.74) is 28.2. The van der Waals surface area contributed by atoms with Crippen LogP contribution < -0.4 is 0 Å². The molecular formula is C58H34. The zero-order valence-corrected chi connectivity index (χ0v) is 31.6. The van der Waals surface area contributed by atoms with E-state index >= 15 is 0 Å². The molecule has 0 N–H and O–H groups in total. The van der Waals surface area contributed by atoms with Crippen LogP contribution in [0, 0.1) is 23.7 Å². The molecule has 0 saturated heterocycles. The van der Waals surface area contributed by atoms with Gasteiger partial charge in [0, 0.05) is 23.7 Å². The normalized spacial score (nSPS) is 22.6. The van der Waals surface area contributed by atoms with Gasteiger partial charge in [-0.05, 0) is 163 Å². The molecule has 8 aliphatic carbocycles. The van der Waals surface area contributed by atoms with Crippen molar-refractivity contribution < 1.29 is 0 Å². The molecule has 1 saturated carbocycles. The lowest BCUT2D eigenvalue weighted by atomic mass is 9.54. The highest BCUT2D eigenvalue weighted by atomic mass is 14.6. The van der Waals surface area contributed by atoms with E-state index in [1.807, 2.05) is 0 Å². The number of benzene rings is 7. The Kier molecular flexibility index (Phi) is 5.45. The molecule has 8 aliphatic rings. The minimum Gasteiger partial charge on any atom is -0.0622 e. The maximum Gasteiger partial charge on any atom is 0.0211 e. The monoisotopic (exact) mass is 730 g/mol. The summed E-state index contributed by atoms with van der Waals surface area (Å²) < 4.78 is 0. The van der Waals surface area contributed by atoms with Crippen molar-refractivity contribution in [2.24, 2.45) is 23.7 Å². The lowest BCUT2D eigenvalue weighted by molar-refractivity contribution is 0.525. The Morgan fingerprint density at radius 1 is 0.241 bits per heavy atom. The Labute approximate surface area is 337 Å². The number of allylic oxidation sites excluding steroid dienone is 16. The van der Waals surface area contributed by atoms with Crippen LogP contribution in [0.3, 0.4) is 0 Å². The Hall–Kier alpha value is -7.02. The molecule has 0 spiro atoms. The summed E-state index contributed by atoms with van der Waals surface area (Å²) in [7, 11) is 0. The van der Waals surface area contributed by atoms with Gasteiger partial charge < -0.3 is 0 Å². The second-order valence-corrected chi connectivity index (χ2v) is 17.4. The Bertz CT molecular complexity index is 3420. The van der Waals surface area contributed by atoms with E-state index in [0.29, 0.717) is 23.7 Å². The van der Waals surface area contributed by atoms with E-state index in [0.717, 1.165) is 0 Å².